The van der Waals surface area contributed by atoms with E-state index in [1.165, 1.54) is 5.56 Å². The van der Waals surface area contributed by atoms with Gasteiger partial charge in [-0.05, 0) is 36.6 Å². The van der Waals surface area contributed by atoms with Crippen LogP contribution in [0.1, 0.15) is 45.7 Å². The van der Waals surface area contributed by atoms with Crippen LogP contribution in [0, 0.1) is 5.41 Å². The summed E-state index contributed by atoms with van der Waals surface area (Å²) in [5.74, 6) is 0.946. The normalized spacial score (nSPS) is 13.4. The van der Waals surface area contributed by atoms with Crippen LogP contribution in [0.4, 0.5) is 0 Å². The highest BCUT2D eigenvalue weighted by molar-refractivity contribution is 9.10. The predicted molar refractivity (Wildman–Crippen MR) is 81.2 cm³/mol. The molecule has 0 fully saturated rings. The Kier molecular flexibility index (Phi) is 5.67. The Morgan fingerprint density at radius 1 is 1.33 bits per heavy atom. The molecule has 102 valence electrons. The Hall–Kier alpha value is -0.540. The number of ether oxygens (including phenoxy) is 1. The van der Waals surface area contributed by atoms with Crippen LogP contribution >= 0.6 is 15.9 Å². The van der Waals surface area contributed by atoms with Crippen molar-refractivity contribution >= 4 is 15.9 Å². The molecule has 0 saturated heterocycles. The molecule has 0 aliphatic carbocycles. The highest BCUT2D eigenvalue weighted by Gasteiger charge is 2.28. The quantitative estimate of drug-likeness (QED) is 0.861. The lowest BCUT2D eigenvalue weighted by molar-refractivity contribution is 0.265. The maximum Gasteiger partial charge on any atom is 0.123 e. The molecule has 2 nitrogen and oxygen atoms in total. The Morgan fingerprint density at radius 2 is 2.00 bits per heavy atom. The molecule has 1 atom stereocenters. The first kappa shape index (κ1) is 15.5. The van der Waals surface area contributed by atoms with Crippen LogP contribution in [0.3, 0.4) is 0 Å². The summed E-state index contributed by atoms with van der Waals surface area (Å²) >= 11 is 3.55. The van der Waals surface area contributed by atoms with E-state index in [4.69, 9.17) is 4.74 Å². The third kappa shape index (κ3) is 3.99. The summed E-state index contributed by atoms with van der Waals surface area (Å²) in [6, 6.07) is 6.47. The van der Waals surface area contributed by atoms with Gasteiger partial charge < -0.3 is 10.1 Å². The molecule has 0 radical (unpaired) electrons. The molecule has 0 heterocycles. The maximum atomic E-state index is 5.50. The van der Waals surface area contributed by atoms with Crippen LogP contribution in [0.5, 0.6) is 5.75 Å². The predicted octanol–water partition coefficient (Wildman–Crippen LogP) is 4.54. The molecule has 1 aromatic carbocycles. The molecular weight excluding hydrogens is 290 g/mol. The molecule has 0 bridgehead atoms. The summed E-state index contributed by atoms with van der Waals surface area (Å²) in [6.45, 7) is 9.95. The van der Waals surface area contributed by atoms with Gasteiger partial charge in [-0.25, -0.2) is 0 Å². The zero-order valence-electron chi connectivity index (χ0n) is 12.0. The largest absolute Gasteiger partial charge is 0.496 e. The molecule has 0 aliphatic rings. The lowest BCUT2D eigenvalue weighted by Crippen LogP contribution is -2.33. The van der Waals surface area contributed by atoms with E-state index in [9.17, 15) is 0 Å². The van der Waals surface area contributed by atoms with Crippen molar-refractivity contribution in [2.75, 3.05) is 13.7 Å². The van der Waals surface area contributed by atoms with Gasteiger partial charge in [-0.1, -0.05) is 43.6 Å². The summed E-state index contributed by atoms with van der Waals surface area (Å²) in [5.41, 5.74) is 1.36. The van der Waals surface area contributed by atoms with Gasteiger partial charge in [0.1, 0.15) is 5.75 Å². The number of halogens is 1. The summed E-state index contributed by atoms with van der Waals surface area (Å²) < 4.78 is 6.58. The van der Waals surface area contributed by atoms with Crippen molar-refractivity contribution in [1.82, 2.24) is 5.32 Å². The molecule has 3 heteroatoms. The summed E-state index contributed by atoms with van der Waals surface area (Å²) in [5, 5.41) is 3.63. The average Bonchev–Trinajstić information content (AvgIpc) is 2.28. The summed E-state index contributed by atoms with van der Waals surface area (Å²) in [6.07, 6.45) is 1.13. The Bertz CT molecular complexity index is 385. The van der Waals surface area contributed by atoms with Gasteiger partial charge >= 0.3 is 0 Å². The van der Waals surface area contributed by atoms with E-state index in [2.05, 4.69) is 55.0 Å². The van der Waals surface area contributed by atoms with E-state index in [0.717, 1.165) is 23.2 Å². The first-order chi connectivity index (χ1) is 8.40. The second kappa shape index (κ2) is 6.58. The van der Waals surface area contributed by atoms with E-state index >= 15 is 0 Å². The minimum absolute atomic E-state index is 0.142. The highest BCUT2D eigenvalue weighted by atomic mass is 79.9. The highest BCUT2D eigenvalue weighted by Crippen LogP contribution is 2.38. The van der Waals surface area contributed by atoms with Gasteiger partial charge in [0.05, 0.1) is 7.11 Å². The minimum atomic E-state index is 0.142. The summed E-state index contributed by atoms with van der Waals surface area (Å²) in [7, 11) is 1.73. The first-order valence-electron chi connectivity index (χ1n) is 6.47. The van der Waals surface area contributed by atoms with Crippen molar-refractivity contribution < 1.29 is 4.74 Å². The van der Waals surface area contributed by atoms with Crippen molar-refractivity contribution in [3.8, 4) is 5.75 Å². The molecule has 0 spiro atoms. The molecule has 1 rings (SSSR count). The number of benzene rings is 1. The average molecular weight is 314 g/mol. The van der Waals surface area contributed by atoms with Crippen molar-refractivity contribution in [2.45, 2.75) is 40.2 Å². The fourth-order valence-corrected chi connectivity index (χ4v) is 2.48. The number of rotatable bonds is 5. The van der Waals surface area contributed by atoms with Crippen LogP contribution in [0.15, 0.2) is 22.7 Å². The second-order valence-electron chi connectivity index (χ2n) is 5.64. The monoisotopic (exact) mass is 313 g/mol. The van der Waals surface area contributed by atoms with Gasteiger partial charge in [0.15, 0.2) is 0 Å². The van der Waals surface area contributed by atoms with E-state index in [-0.39, 0.29) is 11.5 Å². The lowest BCUT2D eigenvalue weighted by atomic mass is 9.82. The van der Waals surface area contributed by atoms with E-state index in [1.54, 1.807) is 7.11 Å². The number of hydrogen-bond acceptors (Lipinski definition) is 2. The van der Waals surface area contributed by atoms with Crippen molar-refractivity contribution in [3.05, 3.63) is 28.2 Å². The van der Waals surface area contributed by atoms with Crippen molar-refractivity contribution in [1.29, 1.82) is 0 Å². The van der Waals surface area contributed by atoms with E-state index < -0.39 is 0 Å². The zero-order valence-corrected chi connectivity index (χ0v) is 13.6. The molecule has 0 amide bonds. The molecule has 18 heavy (non-hydrogen) atoms. The fraction of sp³-hybridized carbons (Fsp3) is 0.600. The van der Waals surface area contributed by atoms with Crippen LogP contribution < -0.4 is 10.1 Å². The summed E-state index contributed by atoms with van der Waals surface area (Å²) in [4.78, 5) is 0. The zero-order chi connectivity index (χ0) is 13.8. The Morgan fingerprint density at radius 3 is 2.50 bits per heavy atom. The molecule has 0 aromatic heterocycles. The number of nitrogens with one attached hydrogen (secondary N) is 1. The molecule has 1 N–H and O–H groups in total. The fourth-order valence-electron chi connectivity index (χ4n) is 2.10. The smallest absolute Gasteiger partial charge is 0.123 e. The van der Waals surface area contributed by atoms with Gasteiger partial charge in [0.2, 0.25) is 0 Å². The van der Waals surface area contributed by atoms with Gasteiger partial charge in [-0.15, -0.1) is 0 Å². The van der Waals surface area contributed by atoms with Crippen molar-refractivity contribution in [2.24, 2.45) is 5.41 Å². The third-order valence-electron chi connectivity index (χ3n) is 2.97. The second-order valence-corrected chi connectivity index (χ2v) is 6.56. The van der Waals surface area contributed by atoms with E-state index in [1.807, 2.05) is 12.1 Å². The molecule has 0 aliphatic heterocycles. The SMILES string of the molecule is CCCNC(c1cc(Br)ccc1OC)C(C)(C)C. The van der Waals surface area contributed by atoms with E-state index in [0.29, 0.717) is 0 Å². The van der Waals surface area contributed by atoms with Crippen LogP contribution in [-0.4, -0.2) is 13.7 Å². The topological polar surface area (TPSA) is 21.3 Å². The van der Waals surface area contributed by atoms with Crippen LogP contribution in [0.25, 0.3) is 0 Å². The minimum Gasteiger partial charge on any atom is -0.496 e. The molecule has 1 aromatic rings. The number of hydrogen-bond donors (Lipinski definition) is 1. The molecule has 1 unspecified atom stereocenters. The number of methoxy groups -OCH3 is 1. The van der Waals surface area contributed by atoms with Gasteiger partial charge in [-0.3, -0.25) is 0 Å². The first-order valence-corrected chi connectivity index (χ1v) is 7.26. The van der Waals surface area contributed by atoms with Crippen LogP contribution in [0.2, 0.25) is 0 Å². The maximum absolute atomic E-state index is 5.50. The van der Waals surface area contributed by atoms with Crippen molar-refractivity contribution in [3.63, 3.8) is 0 Å². The standard InChI is InChI=1S/C15H24BrNO/c1-6-9-17-14(15(2,3)4)12-10-11(16)7-8-13(12)18-5/h7-8,10,14,17H,6,9H2,1-5H3. The van der Waals surface area contributed by atoms with Gasteiger partial charge in [0.25, 0.3) is 0 Å². The van der Waals surface area contributed by atoms with Gasteiger partial charge in [0, 0.05) is 16.1 Å². The third-order valence-corrected chi connectivity index (χ3v) is 3.46. The molecular formula is C15H24BrNO. The Labute approximate surface area is 119 Å². The van der Waals surface area contributed by atoms with Gasteiger partial charge in [-0.2, -0.15) is 0 Å². The Balaban J connectivity index is 3.15. The molecule has 0 saturated carbocycles. The van der Waals surface area contributed by atoms with Crippen LogP contribution in [-0.2, 0) is 0 Å². The lowest BCUT2D eigenvalue weighted by Gasteiger charge is -2.33.